The summed E-state index contributed by atoms with van der Waals surface area (Å²) in [4.78, 5) is 30.0. The molecule has 3 atom stereocenters. The number of aliphatic carboxylic acids is 1. The summed E-state index contributed by atoms with van der Waals surface area (Å²) >= 11 is 0. The highest BCUT2D eigenvalue weighted by Crippen LogP contribution is 2.42. The molecule has 1 saturated heterocycles. The van der Waals surface area contributed by atoms with Crippen molar-refractivity contribution in [3.8, 4) is 5.88 Å². The van der Waals surface area contributed by atoms with Crippen LogP contribution >= 0.6 is 0 Å². The molecule has 1 aromatic heterocycles. The summed E-state index contributed by atoms with van der Waals surface area (Å²) in [5.41, 5.74) is 0.410. The van der Waals surface area contributed by atoms with Crippen molar-refractivity contribution in [2.24, 2.45) is 11.8 Å². The first-order valence-electron chi connectivity index (χ1n) is 8.14. The molecule has 0 bridgehead atoms. The number of nitrogens with zero attached hydrogens (tertiary/aromatic N) is 2. The fourth-order valence-electron chi connectivity index (χ4n) is 3.81. The first-order chi connectivity index (χ1) is 11.0. The largest absolute Gasteiger partial charge is 0.480 e. The zero-order valence-electron chi connectivity index (χ0n) is 13.4. The van der Waals surface area contributed by atoms with Gasteiger partial charge in [-0.05, 0) is 44.6 Å². The minimum absolute atomic E-state index is 0.0124. The Labute approximate surface area is 135 Å². The van der Waals surface area contributed by atoms with Crippen LogP contribution in [0.1, 0.15) is 43.5 Å². The van der Waals surface area contributed by atoms with E-state index in [1.165, 1.54) is 11.1 Å². The minimum Gasteiger partial charge on any atom is -0.480 e. The van der Waals surface area contributed by atoms with Crippen LogP contribution in [-0.2, 0) is 4.79 Å². The van der Waals surface area contributed by atoms with Crippen LogP contribution in [-0.4, -0.2) is 45.6 Å². The van der Waals surface area contributed by atoms with E-state index in [1.54, 1.807) is 12.1 Å². The van der Waals surface area contributed by atoms with Gasteiger partial charge in [0.1, 0.15) is 6.04 Å². The number of carbonyl (C=O) groups is 2. The van der Waals surface area contributed by atoms with Crippen LogP contribution in [0, 0.1) is 11.8 Å². The Hall–Kier alpha value is -2.11. The molecule has 3 unspecified atom stereocenters. The van der Waals surface area contributed by atoms with Crippen molar-refractivity contribution in [3.63, 3.8) is 0 Å². The Morgan fingerprint density at radius 1 is 1.35 bits per heavy atom. The van der Waals surface area contributed by atoms with Crippen LogP contribution < -0.4 is 4.74 Å². The maximum atomic E-state index is 12.7. The van der Waals surface area contributed by atoms with Crippen LogP contribution in [0.25, 0.3) is 0 Å². The molecule has 1 N–H and O–H groups in total. The van der Waals surface area contributed by atoms with Gasteiger partial charge in [-0.3, -0.25) is 4.79 Å². The zero-order chi connectivity index (χ0) is 16.6. The molecule has 6 nitrogen and oxygen atoms in total. The Balaban J connectivity index is 1.78. The molecule has 2 heterocycles. The van der Waals surface area contributed by atoms with Crippen molar-refractivity contribution in [2.75, 3.05) is 6.54 Å². The molecule has 2 fully saturated rings. The van der Waals surface area contributed by atoms with E-state index in [0.717, 1.165) is 19.3 Å². The van der Waals surface area contributed by atoms with Crippen molar-refractivity contribution in [1.29, 1.82) is 0 Å². The number of carboxylic acid groups (broad SMARTS) is 1. The molecule has 6 heteroatoms. The molecule has 0 aromatic carbocycles. The van der Waals surface area contributed by atoms with Gasteiger partial charge in [-0.25, -0.2) is 9.78 Å². The smallest absolute Gasteiger partial charge is 0.326 e. The number of carboxylic acids is 1. The number of amides is 1. The van der Waals surface area contributed by atoms with Crippen molar-refractivity contribution in [2.45, 2.75) is 45.3 Å². The van der Waals surface area contributed by atoms with Gasteiger partial charge in [-0.15, -0.1) is 0 Å². The molecule has 2 aliphatic rings. The second-order valence-electron chi connectivity index (χ2n) is 6.65. The molecule has 1 saturated carbocycles. The van der Waals surface area contributed by atoms with E-state index >= 15 is 0 Å². The Morgan fingerprint density at radius 3 is 2.74 bits per heavy atom. The van der Waals surface area contributed by atoms with Gasteiger partial charge < -0.3 is 14.7 Å². The highest BCUT2D eigenvalue weighted by Gasteiger charge is 2.49. The average Bonchev–Trinajstić information content (AvgIpc) is 3.06. The topological polar surface area (TPSA) is 79.7 Å². The van der Waals surface area contributed by atoms with Crippen molar-refractivity contribution in [1.82, 2.24) is 9.88 Å². The van der Waals surface area contributed by atoms with E-state index in [4.69, 9.17) is 4.74 Å². The predicted octanol–water partition coefficient (Wildman–Crippen LogP) is 2.19. The number of hydrogen-bond donors (Lipinski definition) is 1. The number of ether oxygens (including phenoxy) is 1. The summed E-state index contributed by atoms with van der Waals surface area (Å²) in [6.45, 7) is 4.34. The summed E-state index contributed by atoms with van der Waals surface area (Å²) in [5.74, 6) is -0.287. The fourth-order valence-corrected chi connectivity index (χ4v) is 3.81. The third-order valence-electron chi connectivity index (χ3n) is 4.74. The lowest BCUT2D eigenvalue weighted by Gasteiger charge is -2.24. The van der Waals surface area contributed by atoms with Crippen LogP contribution in [0.15, 0.2) is 18.3 Å². The molecule has 23 heavy (non-hydrogen) atoms. The quantitative estimate of drug-likeness (QED) is 0.920. The summed E-state index contributed by atoms with van der Waals surface area (Å²) in [5, 5.41) is 9.54. The van der Waals surface area contributed by atoms with Gasteiger partial charge in [0.05, 0.1) is 11.7 Å². The molecule has 0 spiro atoms. The normalized spacial score (nSPS) is 26.4. The molecule has 1 aliphatic heterocycles. The summed E-state index contributed by atoms with van der Waals surface area (Å²) in [6, 6.07) is 2.60. The number of pyridine rings is 1. The number of rotatable bonds is 4. The Bertz CT molecular complexity index is 599. The van der Waals surface area contributed by atoms with Gasteiger partial charge in [0.15, 0.2) is 0 Å². The van der Waals surface area contributed by atoms with E-state index < -0.39 is 12.0 Å². The second kappa shape index (κ2) is 6.18. The Kier molecular flexibility index (Phi) is 4.24. The van der Waals surface area contributed by atoms with Gasteiger partial charge in [0.25, 0.3) is 5.91 Å². The molecule has 124 valence electrons. The monoisotopic (exact) mass is 318 g/mol. The highest BCUT2D eigenvalue weighted by molar-refractivity contribution is 5.97. The summed E-state index contributed by atoms with van der Waals surface area (Å²) in [6.07, 6.45) is 4.44. The van der Waals surface area contributed by atoms with E-state index in [0.29, 0.717) is 23.9 Å². The van der Waals surface area contributed by atoms with Crippen molar-refractivity contribution in [3.05, 3.63) is 23.9 Å². The van der Waals surface area contributed by atoms with Gasteiger partial charge in [-0.1, -0.05) is 6.42 Å². The molecular formula is C17H22N2O4. The fraction of sp³-hybridized carbons (Fsp3) is 0.588. The van der Waals surface area contributed by atoms with E-state index in [1.807, 2.05) is 13.8 Å². The van der Waals surface area contributed by atoms with Crippen LogP contribution in [0.5, 0.6) is 5.88 Å². The molecule has 1 aromatic rings. The maximum absolute atomic E-state index is 12.7. The number of hydrogen-bond acceptors (Lipinski definition) is 4. The molecule has 1 aliphatic carbocycles. The number of fused-ring (bicyclic) bond motifs is 1. The van der Waals surface area contributed by atoms with Crippen LogP contribution in [0.3, 0.4) is 0 Å². The predicted molar refractivity (Wildman–Crippen MR) is 83.3 cm³/mol. The average molecular weight is 318 g/mol. The van der Waals surface area contributed by atoms with E-state index in [9.17, 15) is 14.7 Å². The van der Waals surface area contributed by atoms with Crippen molar-refractivity contribution < 1.29 is 19.4 Å². The number of carbonyl (C=O) groups excluding carboxylic acids is 1. The standard InChI is InChI=1S/C17H22N2O4/c1-10(2)23-14-7-6-11(8-18-14)16(20)19-9-12-4-3-5-13(12)15(19)17(21)22/h6-8,10,12-13,15H,3-5,9H2,1-2H3,(H,21,22). The van der Waals surface area contributed by atoms with E-state index in [-0.39, 0.29) is 17.9 Å². The maximum Gasteiger partial charge on any atom is 0.326 e. The SMILES string of the molecule is CC(C)Oc1ccc(C(=O)N2CC3CCCC3C2C(=O)O)cn1. The van der Waals surface area contributed by atoms with Crippen LogP contribution in [0.4, 0.5) is 0 Å². The summed E-state index contributed by atoms with van der Waals surface area (Å²) < 4.78 is 5.46. The third-order valence-corrected chi connectivity index (χ3v) is 4.74. The lowest BCUT2D eigenvalue weighted by Crippen LogP contribution is -2.43. The first-order valence-corrected chi connectivity index (χ1v) is 8.14. The highest BCUT2D eigenvalue weighted by atomic mass is 16.5. The third kappa shape index (κ3) is 3.02. The minimum atomic E-state index is -0.902. The molecule has 1 amide bonds. The lowest BCUT2D eigenvalue weighted by molar-refractivity contribution is -0.142. The van der Waals surface area contributed by atoms with Gasteiger partial charge in [0, 0.05) is 18.8 Å². The number of aromatic nitrogens is 1. The Morgan fingerprint density at radius 2 is 2.13 bits per heavy atom. The first kappa shape index (κ1) is 15.8. The second-order valence-corrected chi connectivity index (χ2v) is 6.65. The molecular weight excluding hydrogens is 296 g/mol. The van der Waals surface area contributed by atoms with Crippen molar-refractivity contribution >= 4 is 11.9 Å². The molecule has 0 radical (unpaired) electrons. The van der Waals surface area contributed by atoms with Gasteiger partial charge in [0.2, 0.25) is 5.88 Å². The van der Waals surface area contributed by atoms with Crippen LogP contribution in [0.2, 0.25) is 0 Å². The number of likely N-dealkylation sites (tertiary alicyclic amines) is 1. The lowest BCUT2D eigenvalue weighted by atomic mass is 9.94. The summed E-state index contributed by atoms with van der Waals surface area (Å²) in [7, 11) is 0. The van der Waals surface area contributed by atoms with Gasteiger partial charge >= 0.3 is 5.97 Å². The molecule has 3 rings (SSSR count). The van der Waals surface area contributed by atoms with Gasteiger partial charge in [-0.2, -0.15) is 0 Å². The van der Waals surface area contributed by atoms with E-state index in [2.05, 4.69) is 4.98 Å². The zero-order valence-corrected chi connectivity index (χ0v) is 13.4.